The number of nitrogen functional groups attached to an aromatic ring is 1. The molecule has 0 unspecified atom stereocenters. The van der Waals surface area contributed by atoms with Crippen LogP contribution in [-0.4, -0.2) is 26.0 Å². The third kappa shape index (κ3) is 4.04. The summed E-state index contributed by atoms with van der Waals surface area (Å²) in [6.07, 6.45) is 0. The van der Waals surface area contributed by atoms with Gasteiger partial charge in [0.15, 0.2) is 0 Å². The van der Waals surface area contributed by atoms with Crippen LogP contribution in [0.25, 0.3) is 0 Å². The van der Waals surface area contributed by atoms with E-state index in [0.717, 1.165) is 11.4 Å². The van der Waals surface area contributed by atoms with Gasteiger partial charge >= 0.3 is 0 Å². The Kier molecular flexibility index (Phi) is 4.07. The van der Waals surface area contributed by atoms with Gasteiger partial charge < -0.3 is 10.9 Å². The minimum Gasteiger partial charge on any atom is -0.368 e. The molecule has 1 aromatic heterocycles. The van der Waals surface area contributed by atoms with Crippen LogP contribution in [-0.2, 0) is 0 Å². The molecular formula is C6H11N5O3. The van der Waals surface area contributed by atoms with Gasteiger partial charge in [0.05, 0.1) is 5.69 Å². The molecular weight excluding hydrogens is 190 g/mol. The standard InChI is InChI=1S/C6H10N4.HNO3/c1-4-3-5(2)10(9-4)6(7)8;2-1(3)4/h3H,1-2H3,(H3,7,8);(H,2,3,4). The fourth-order valence-electron chi connectivity index (χ4n) is 0.873. The van der Waals surface area contributed by atoms with E-state index in [-0.39, 0.29) is 5.96 Å². The first-order chi connectivity index (χ1) is 6.34. The predicted octanol–water partition coefficient (Wildman–Crippen LogP) is -0.106. The Balaban J connectivity index is 0.000000364. The molecule has 14 heavy (non-hydrogen) atoms. The molecule has 1 aromatic rings. The van der Waals surface area contributed by atoms with Gasteiger partial charge in [-0.05, 0) is 19.9 Å². The van der Waals surface area contributed by atoms with E-state index < -0.39 is 5.09 Å². The Morgan fingerprint density at radius 3 is 2.36 bits per heavy atom. The van der Waals surface area contributed by atoms with Crippen LogP contribution in [0.4, 0.5) is 0 Å². The van der Waals surface area contributed by atoms with Crippen LogP contribution < -0.4 is 5.73 Å². The van der Waals surface area contributed by atoms with Crippen LogP contribution in [0, 0.1) is 29.4 Å². The molecule has 0 radical (unpaired) electrons. The molecule has 1 heterocycles. The highest BCUT2D eigenvalue weighted by atomic mass is 16.9. The molecule has 0 fully saturated rings. The first-order valence-corrected chi connectivity index (χ1v) is 3.55. The van der Waals surface area contributed by atoms with E-state index in [9.17, 15) is 0 Å². The zero-order valence-electron chi connectivity index (χ0n) is 7.76. The molecule has 4 N–H and O–H groups in total. The first kappa shape index (κ1) is 11.9. The summed E-state index contributed by atoms with van der Waals surface area (Å²) in [5.41, 5.74) is 6.99. The highest BCUT2D eigenvalue weighted by molar-refractivity contribution is 5.76. The third-order valence-corrected chi connectivity index (χ3v) is 1.24. The van der Waals surface area contributed by atoms with Crippen molar-refractivity contribution in [3.63, 3.8) is 0 Å². The summed E-state index contributed by atoms with van der Waals surface area (Å²) in [4.78, 5) is 8.36. The van der Waals surface area contributed by atoms with Crippen LogP contribution in [0.2, 0.25) is 0 Å². The van der Waals surface area contributed by atoms with Gasteiger partial charge in [-0.3, -0.25) is 5.41 Å². The molecule has 0 aliphatic heterocycles. The largest absolute Gasteiger partial charge is 0.368 e. The molecule has 0 aliphatic carbocycles. The number of nitrogens with zero attached hydrogens (tertiary/aromatic N) is 3. The predicted molar refractivity (Wildman–Crippen MR) is 47.8 cm³/mol. The van der Waals surface area contributed by atoms with Crippen molar-refractivity contribution in [2.75, 3.05) is 0 Å². The van der Waals surface area contributed by atoms with E-state index >= 15 is 0 Å². The van der Waals surface area contributed by atoms with Gasteiger partial charge in [-0.15, -0.1) is 10.1 Å². The van der Waals surface area contributed by atoms with Crippen molar-refractivity contribution in [1.29, 1.82) is 5.41 Å². The van der Waals surface area contributed by atoms with Crippen LogP contribution in [0.3, 0.4) is 0 Å². The van der Waals surface area contributed by atoms with Crippen molar-refractivity contribution >= 4 is 5.96 Å². The molecule has 8 heteroatoms. The summed E-state index contributed by atoms with van der Waals surface area (Å²) >= 11 is 0. The molecule has 0 spiro atoms. The maximum absolute atomic E-state index is 8.36. The Morgan fingerprint density at radius 1 is 1.79 bits per heavy atom. The van der Waals surface area contributed by atoms with Crippen molar-refractivity contribution < 1.29 is 10.3 Å². The molecule has 0 bridgehead atoms. The lowest BCUT2D eigenvalue weighted by molar-refractivity contribution is -0.742. The lowest BCUT2D eigenvalue weighted by Crippen LogP contribution is -2.22. The number of rotatable bonds is 0. The average Bonchev–Trinajstić information content (AvgIpc) is 2.28. The first-order valence-electron chi connectivity index (χ1n) is 3.55. The quantitative estimate of drug-likeness (QED) is 0.233. The molecule has 0 saturated carbocycles. The number of aryl methyl sites for hydroxylation is 2. The Bertz CT molecular complexity index is 341. The van der Waals surface area contributed by atoms with E-state index in [1.54, 1.807) is 0 Å². The lowest BCUT2D eigenvalue weighted by Gasteiger charge is -1.97. The van der Waals surface area contributed by atoms with E-state index in [4.69, 9.17) is 26.5 Å². The van der Waals surface area contributed by atoms with Crippen LogP contribution in [0.1, 0.15) is 11.4 Å². The van der Waals surface area contributed by atoms with Crippen molar-refractivity contribution in [2.45, 2.75) is 13.8 Å². The van der Waals surface area contributed by atoms with Gasteiger partial charge in [0, 0.05) is 5.69 Å². The number of aromatic nitrogens is 2. The smallest absolute Gasteiger partial charge is 0.291 e. The van der Waals surface area contributed by atoms with Gasteiger partial charge in [-0.1, -0.05) is 0 Å². The summed E-state index contributed by atoms with van der Waals surface area (Å²) in [5.74, 6) is -0.0365. The van der Waals surface area contributed by atoms with E-state index in [1.165, 1.54) is 4.68 Å². The molecule has 0 aromatic carbocycles. The second kappa shape index (κ2) is 4.80. The van der Waals surface area contributed by atoms with Gasteiger partial charge in [0.2, 0.25) is 5.96 Å². The van der Waals surface area contributed by atoms with E-state index in [0.29, 0.717) is 0 Å². The van der Waals surface area contributed by atoms with Crippen LogP contribution >= 0.6 is 0 Å². The maximum atomic E-state index is 8.36. The molecule has 1 rings (SSSR count). The summed E-state index contributed by atoms with van der Waals surface area (Å²) < 4.78 is 1.40. The van der Waals surface area contributed by atoms with Gasteiger partial charge in [0.1, 0.15) is 0 Å². The van der Waals surface area contributed by atoms with Gasteiger partial charge in [-0.25, -0.2) is 4.68 Å². The maximum Gasteiger partial charge on any atom is 0.291 e. The van der Waals surface area contributed by atoms with E-state index in [1.807, 2.05) is 19.9 Å². The minimum atomic E-state index is -1.50. The van der Waals surface area contributed by atoms with Gasteiger partial charge in [0.25, 0.3) is 5.09 Å². The average molecular weight is 201 g/mol. The molecule has 78 valence electrons. The van der Waals surface area contributed by atoms with Crippen LogP contribution in [0.5, 0.6) is 0 Å². The zero-order chi connectivity index (χ0) is 11.3. The summed E-state index contributed by atoms with van der Waals surface area (Å²) in [6.45, 7) is 3.73. The Morgan fingerprint density at radius 2 is 2.21 bits per heavy atom. The number of hydrogen-bond acceptors (Lipinski definition) is 4. The second-order valence-electron chi connectivity index (χ2n) is 2.46. The third-order valence-electron chi connectivity index (χ3n) is 1.24. The van der Waals surface area contributed by atoms with Crippen molar-refractivity contribution in [2.24, 2.45) is 5.73 Å². The number of nitrogens with two attached hydrogens (primary N) is 1. The second-order valence-corrected chi connectivity index (χ2v) is 2.46. The molecule has 0 aliphatic rings. The normalized spacial score (nSPS) is 8.71. The molecule has 0 amide bonds. The highest BCUT2D eigenvalue weighted by Gasteiger charge is 2.00. The summed E-state index contributed by atoms with van der Waals surface area (Å²) in [6, 6.07) is 1.88. The fraction of sp³-hybridized carbons (Fsp3) is 0.333. The highest BCUT2D eigenvalue weighted by Crippen LogP contribution is 1.98. The summed E-state index contributed by atoms with van der Waals surface area (Å²) in [7, 11) is 0. The summed E-state index contributed by atoms with van der Waals surface area (Å²) in [5, 5.41) is 24.7. The topological polar surface area (TPSA) is 131 Å². The van der Waals surface area contributed by atoms with Crippen molar-refractivity contribution in [1.82, 2.24) is 9.78 Å². The van der Waals surface area contributed by atoms with Gasteiger partial charge in [-0.2, -0.15) is 5.10 Å². The fourth-order valence-corrected chi connectivity index (χ4v) is 0.873. The lowest BCUT2D eigenvalue weighted by atomic mass is 10.4. The number of hydrogen-bond donors (Lipinski definition) is 3. The van der Waals surface area contributed by atoms with Crippen molar-refractivity contribution in [3.8, 4) is 0 Å². The SMILES string of the molecule is Cc1cc(C)n(C(=N)N)n1.O=[N+]([O-])O. The monoisotopic (exact) mass is 201 g/mol. The molecule has 0 saturated heterocycles. The Labute approximate surface area is 79.6 Å². The van der Waals surface area contributed by atoms with Crippen LogP contribution in [0.15, 0.2) is 6.07 Å². The number of nitrogens with one attached hydrogen (secondary N) is 1. The van der Waals surface area contributed by atoms with E-state index in [2.05, 4.69) is 5.10 Å². The van der Waals surface area contributed by atoms with Crippen molar-refractivity contribution in [3.05, 3.63) is 27.6 Å². The Hall–Kier alpha value is -2.12. The molecule has 0 atom stereocenters. The minimum absolute atomic E-state index is 0.0365. The zero-order valence-corrected chi connectivity index (χ0v) is 7.76. The molecule has 8 nitrogen and oxygen atoms in total.